The van der Waals surface area contributed by atoms with Gasteiger partial charge in [-0.1, -0.05) is 54.1 Å². The van der Waals surface area contributed by atoms with Crippen LogP contribution < -0.4 is 4.74 Å². The zero-order valence-electron chi connectivity index (χ0n) is 18.1. The summed E-state index contributed by atoms with van der Waals surface area (Å²) in [5, 5.41) is 0. The minimum Gasteiger partial charge on any atom is -0.497 e. The van der Waals surface area contributed by atoms with E-state index in [1.807, 2.05) is 12.1 Å². The number of nitrogens with zero attached hydrogens (tertiary/aromatic N) is 2. The molecule has 0 unspecified atom stereocenters. The number of hydrogen-bond donors (Lipinski definition) is 0. The molecule has 0 bridgehead atoms. The van der Waals surface area contributed by atoms with Crippen LogP contribution in [0.3, 0.4) is 0 Å². The van der Waals surface area contributed by atoms with Gasteiger partial charge in [0, 0.05) is 38.6 Å². The van der Waals surface area contributed by atoms with Gasteiger partial charge in [-0.15, -0.1) is 0 Å². The van der Waals surface area contributed by atoms with Gasteiger partial charge in [-0.05, 0) is 48.9 Å². The van der Waals surface area contributed by atoms with Crippen LogP contribution in [-0.4, -0.2) is 48.5 Å². The smallest absolute Gasteiger partial charge is 0.223 e. The number of carbonyl (C=O) groups excluding carboxylic acids is 1. The molecule has 2 aromatic carbocycles. The first-order chi connectivity index (χ1) is 14.6. The number of rotatable bonds is 6. The van der Waals surface area contributed by atoms with Crippen molar-refractivity contribution in [2.45, 2.75) is 38.8 Å². The van der Waals surface area contributed by atoms with Crippen molar-refractivity contribution in [1.29, 1.82) is 0 Å². The minimum atomic E-state index is 0.306. The van der Waals surface area contributed by atoms with Crippen molar-refractivity contribution < 1.29 is 9.53 Å². The third-order valence-electron chi connectivity index (χ3n) is 6.43. The van der Waals surface area contributed by atoms with Gasteiger partial charge in [0.25, 0.3) is 0 Å². The molecule has 2 fully saturated rings. The fraction of sp³-hybridized carbons (Fsp3) is 0.423. The molecular weight excluding hydrogens is 372 g/mol. The van der Waals surface area contributed by atoms with Crippen molar-refractivity contribution >= 4 is 12.0 Å². The summed E-state index contributed by atoms with van der Waals surface area (Å²) in [4.78, 5) is 17.4. The van der Waals surface area contributed by atoms with Crippen molar-refractivity contribution in [3.8, 4) is 5.75 Å². The monoisotopic (exact) mass is 404 g/mol. The van der Waals surface area contributed by atoms with E-state index >= 15 is 0 Å². The Morgan fingerprint density at radius 2 is 1.87 bits per heavy atom. The summed E-state index contributed by atoms with van der Waals surface area (Å²) in [5.74, 6) is 1.73. The van der Waals surface area contributed by atoms with Crippen LogP contribution in [0.2, 0.25) is 0 Å². The molecule has 0 saturated carbocycles. The number of carbonyl (C=O) groups is 1. The van der Waals surface area contributed by atoms with E-state index in [-0.39, 0.29) is 0 Å². The maximum absolute atomic E-state index is 12.7. The largest absolute Gasteiger partial charge is 0.497 e. The first-order valence-corrected chi connectivity index (χ1v) is 11.0. The number of methoxy groups -OCH3 is 1. The molecule has 2 heterocycles. The second-order valence-electron chi connectivity index (χ2n) is 8.66. The standard InChI is InChI=1S/C26H32N2O2/c1-20(16-21-6-4-3-5-7-21)17-27-15-14-25-23(19-27)10-13-26(29)28(25)18-22-8-11-24(30-2)12-9-22/h3-9,11-12,16,23,25H,10,13-15,17-19H2,1-2H3/b20-16+/t23-,25+/m1/s1. The van der Waals surface area contributed by atoms with Crippen molar-refractivity contribution in [2.24, 2.45) is 5.92 Å². The van der Waals surface area contributed by atoms with Crippen LogP contribution in [0.1, 0.15) is 37.3 Å². The second kappa shape index (κ2) is 9.48. The Kier molecular flexibility index (Phi) is 6.53. The second-order valence-corrected chi connectivity index (χ2v) is 8.66. The average molecular weight is 405 g/mol. The Hall–Kier alpha value is -2.59. The van der Waals surface area contributed by atoms with E-state index in [0.717, 1.165) is 38.2 Å². The lowest BCUT2D eigenvalue weighted by Gasteiger charge is -2.47. The molecule has 0 aromatic heterocycles. The van der Waals surface area contributed by atoms with Crippen LogP contribution in [0.15, 0.2) is 60.2 Å². The Morgan fingerprint density at radius 1 is 1.10 bits per heavy atom. The van der Waals surface area contributed by atoms with Crippen LogP contribution in [0.25, 0.3) is 6.08 Å². The van der Waals surface area contributed by atoms with Gasteiger partial charge in [0.2, 0.25) is 5.91 Å². The summed E-state index contributed by atoms with van der Waals surface area (Å²) < 4.78 is 5.26. The number of ether oxygens (including phenoxy) is 1. The van der Waals surface area contributed by atoms with Gasteiger partial charge in [0.05, 0.1) is 7.11 Å². The highest BCUT2D eigenvalue weighted by molar-refractivity contribution is 5.77. The summed E-state index contributed by atoms with van der Waals surface area (Å²) >= 11 is 0. The molecule has 2 atom stereocenters. The Balaban J connectivity index is 1.38. The third-order valence-corrected chi connectivity index (χ3v) is 6.43. The summed E-state index contributed by atoms with van der Waals surface area (Å²) in [6, 6.07) is 19.0. The first kappa shape index (κ1) is 20.7. The number of fused-ring (bicyclic) bond motifs is 1. The van der Waals surface area contributed by atoms with E-state index in [2.05, 4.69) is 65.3 Å². The number of amides is 1. The van der Waals surface area contributed by atoms with Gasteiger partial charge in [0.15, 0.2) is 0 Å². The molecule has 1 amide bonds. The Morgan fingerprint density at radius 3 is 2.60 bits per heavy atom. The number of benzene rings is 2. The lowest BCUT2D eigenvalue weighted by Crippen LogP contribution is -2.55. The topological polar surface area (TPSA) is 32.8 Å². The third kappa shape index (κ3) is 4.93. The lowest BCUT2D eigenvalue weighted by atomic mass is 9.83. The molecule has 0 spiro atoms. The van der Waals surface area contributed by atoms with Crippen molar-refractivity contribution in [2.75, 3.05) is 26.7 Å². The lowest BCUT2D eigenvalue weighted by molar-refractivity contribution is -0.141. The molecule has 0 radical (unpaired) electrons. The number of hydrogen-bond acceptors (Lipinski definition) is 3. The van der Waals surface area contributed by atoms with Gasteiger partial charge < -0.3 is 9.64 Å². The van der Waals surface area contributed by atoms with E-state index in [0.29, 0.717) is 30.8 Å². The molecule has 2 saturated heterocycles. The molecule has 2 aliphatic rings. The van der Waals surface area contributed by atoms with Gasteiger partial charge in [-0.25, -0.2) is 0 Å². The highest BCUT2D eigenvalue weighted by Crippen LogP contribution is 2.33. The minimum absolute atomic E-state index is 0.306. The fourth-order valence-corrected chi connectivity index (χ4v) is 4.94. The molecule has 2 aliphatic heterocycles. The fourth-order valence-electron chi connectivity index (χ4n) is 4.94. The van der Waals surface area contributed by atoms with Crippen LogP contribution in [0, 0.1) is 5.92 Å². The zero-order chi connectivity index (χ0) is 20.9. The van der Waals surface area contributed by atoms with E-state index in [4.69, 9.17) is 4.74 Å². The van der Waals surface area contributed by atoms with E-state index in [1.54, 1.807) is 7.11 Å². The molecule has 4 nitrogen and oxygen atoms in total. The summed E-state index contributed by atoms with van der Waals surface area (Å²) in [6.07, 6.45) is 5.03. The van der Waals surface area contributed by atoms with Crippen molar-refractivity contribution in [3.63, 3.8) is 0 Å². The molecule has 4 heteroatoms. The normalized spacial score (nSPS) is 22.7. The molecule has 0 aliphatic carbocycles. The maximum Gasteiger partial charge on any atom is 0.223 e. The van der Waals surface area contributed by atoms with E-state index in [1.165, 1.54) is 16.7 Å². The van der Waals surface area contributed by atoms with Crippen LogP contribution in [-0.2, 0) is 11.3 Å². The molecule has 158 valence electrons. The van der Waals surface area contributed by atoms with Crippen molar-refractivity contribution in [1.82, 2.24) is 9.80 Å². The van der Waals surface area contributed by atoms with E-state index < -0.39 is 0 Å². The van der Waals surface area contributed by atoms with Crippen molar-refractivity contribution in [3.05, 3.63) is 71.3 Å². The predicted molar refractivity (Wildman–Crippen MR) is 121 cm³/mol. The molecule has 4 rings (SSSR count). The van der Waals surface area contributed by atoms with Crippen LogP contribution in [0.5, 0.6) is 5.75 Å². The van der Waals surface area contributed by atoms with Gasteiger partial charge in [-0.3, -0.25) is 9.69 Å². The summed E-state index contributed by atoms with van der Waals surface area (Å²) in [7, 11) is 1.68. The average Bonchev–Trinajstić information content (AvgIpc) is 2.77. The highest BCUT2D eigenvalue weighted by atomic mass is 16.5. The van der Waals surface area contributed by atoms with Gasteiger partial charge in [-0.2, -0.15) is 0 Å². The quantitative estimate of drug-likeness (QED) is 0.705. The highest BCUT2D eigenvalue weighted by Gasteiger charge is 2.39. The van der Waals surface area contributed by atoms with E-state index in [9.17, 15) is 4.79 Å². The zero-order valence-corrected chi connectivity index (χ0v) is 18.1. The molecule has 0 N–H and O–H groups in total. The maximum atomic E-state index is 12.7. The molecular formula is C26H32N2O2. The Bertz CT molecular complexity index is 876. The number of piperidine rings is 2. The van der Waals surface area contributed by atoms with Gasteiger partial charge >= 0.3 is 0 Å². The molecule has 2 aromatic rings. The Labute approximate surface area is 180 Å². The van der Waals surface area contributed by atoms with Crippen LogP contribution in [0.4, 0.5) is 0 Å². The first-order valence-electron chi connectivity index (χ1n) is 11.0. The number of likely N-dealkylation sites (tertiary alicyclic amines) is 2. The summed E-state index contributed by atoms with van der Waals surface area (Å²) in [6.45, 7) is 6.06. The SMILES string of the molecule is COc1ccc(CN2C(=O)CC[C@@H]3CN(C/C(C)=C/c4ccccc4)CC[C@@H]32)cc1. The predicted octanol–water partition coefficient (Wildman–Crippen LogP) is 4.61. The molecule has 30 heavy (non-hydrogen) atoms. The van der Waals surface area contributed by atoms with Crippen LogP contribution >= 0.6 is 0 Å². The summed E-state index contributed by atoms with van der Waals surface area (Å²) in [5.41, 5.74) is 3.83. The van der Waals surface area contributed by atoms with Gasteiger partial charge in [0.1, 0.15) is 5.75 Å².